The summed E-state index contributed by atoms with van der Waals surface area (Å²) in [4.78, 5) is 26.1. The molecule has 1 fully saturated rings. The van der Waals surface area contributed by atoms with Gasteiger partial charge in [0.05, 0.1) is 6.54 Å². The van der Waals surface area contributed by atoms with Crippen LogP contribution in [0.4, 0.5) is 4.79 Å². The Bertz CT molecular complexity index is 1120. The zero-order valence-corrected chi connectivity index (χ0v) is 17.7. The lowest BCUT2D eigenvalue weighted by Gasteiger charge is -2.11. The van der Waals surface area contributed by atoms with Crippen molar-refractivity contribution < 1.29 is 14.3 Å². The lowest BCUT2D eigenvalue weighted by molar-refractivity contribution is -0.123. The fourth-order valence-corrected chi connectivity index (χ4v) is 3.29. The van der Waals surface area contributed by atoms with Crippen LogP contribution in [0.3, 0.4) is 0 Å². The molecule has 0 saturated carbocycles. The molecule has 1 aliphatic rings. The number of benzene rings is 3. The minimum Gasteiger partial charge on any atom is -0.489 e. The van der Waals surface area contributed by atoms with Crippen LogP contribution >= 0.6 is 11.6 Å². The molecule has 3 aromatic carbocycles. The van der Waals surface area contributed by atoms with Gasteiger partial charge in [-0.05, 0) is 54.0 Å². The number of ether oxygens (including phenoxy) is 1. The van der Waals surface area contributed by atoms with Gasteiger partial charge in [-0.1, -0.05) is 65.7 Å². The molecule has 3 aromatic rings. The van der Waals surface area contributed by atoms with E-state index in [4.69, 9.17) is 16.3 Å². The Morgan fingerprint density at radius 2 is 1.55 bits per heavy atom. The zero-order chi connectivity index (χ0) is 21.8. The summed E-state index contributed by atoms with van der Waals surface area (Å²) in [6, 6.07) is 22.2. The van der Waals surface area contributed by atoms with Crippen molar-refractivity contribution in [1.82, 2.24) is 10.2 Å². The maximum atomic E-state index is 12.7. The molecule has 3 amide bonds. The molecule has 6 heteroatoms. The lowest BCUT2D eigenvalue weighted by Crippen LogP contribution is -2.30. The number of amides is 3. The van der Waals surface area contributed by atoms with Gasteiger partial charge in [0.1, 0.15) is 18.1 Å². The van der Waals surface area contributed by atoms with Gasteiger partial charge in [0, 0.05) is 5.02 Å². The predicted molar refractivity (Wildman–Crippen MR) is 120 cm³/mol. The van der Waals surface area contributed by atoms with Crippen LogP contribution in [0.25, 0.3) is 6.08 Å². The summed E-state index contributed by atoms with van der Waals surface area (Å²) >= 11 is 5.89. The first-order valence-corrected chi connectivity index (χ1v) is 10.2. The predicted octanol–water partition coefficient (Wildman–Crippen LogP) is 5.32. The standard InChI is InChI=1S/C25H21ClN2O3/c1-17-2-4-20(5-3-17)16-31-22-12-8-18(9-13-22)14-23-24(29)28(25(30)27-23)15-19-6-10-21(26)11-7-19/h2-14H,15-16H2,1H3,(H,27,30). The smallest absolute Gasteiger partial charge is 0.329 e. The van der Waals surface area contributed by atoms with Crippen LogP contribution < -0.4 is 10.1 Å². The maximum absolute atomic E-state index is 12.7. The lowest BCUT2D eigenvalue weighted by atomic mass is 10.1. The molecule has 1 heterocycles. The molecule has 0 spiro atoms. The summed E-state index contributed by atoms with van der Waals surface area (Å²) < 4.78 is 5.81. The molecule has 1 N–H and O–H groups in total. The molecule has 1 saturated heterocycles. The number of nitrogens with zero attached hydrogens (tertiary/aromatic N) is 1. The SMILES string of the molecule is Cc1ccc(COc2ccc(C=C3NC(=O)N(Cc4ccc(Cl)cc4)C3=O)cc2)cc1. The number of nitrogens with one attached hydrogen (secondary N) is 1. The largest absolute Gasteiger partial charge is 0.489 e. The topological polar surface area (TPSA) is 58.6 Å². The number of hydrogen-bond acceptors (Lipinski definition) is 3. The van der Waals surface area contributed by atoms with Gasteiger partial charge in [0.2, 0.25) is 0 Å². The summed E-state index contributed by atoms with van der Waals surface area (Å²) in [6.45, 7) is 2.71. The number of aryl methyl sites for hydroxylation is 1. The van der Waals surface area contributed by atoms with Gasteiger partial charge >= 0.3 is 6.03 Å². The third-order valence-corrected chi connectivity index (χ3v) is 5.19. The Morgan fingerprint density at radius 3 is 2.23 bits per heavy atom. The Kier molecular flexibility index (Phi) is 6.05. The van der Waals surface area contributed by atoms with Crippen LogP contribution in [0.15, 0.2) is 78.5 Å². The van der Waals surface area contributed by atoms with E-state index in [1.54, 1.807) is 30.3 Å². The van der Waals surface area contributed by atoms with E-state index in [1.807, 2.05) is 43.3 Å². The van der Waals surface area contributed by atoms with E-state index in [1.165, 1.54) is 10.5 Å². The van der Waals surface area contributed by atoms with Gasteiger partial charge in [-0.25, -0.2) is 4.79 Å². The second-order valence-electron chi connectivity index (χ2n) is 7.35. The third-order valence-electron chi connectivity index (χ3n) is 4.93. The van der Waals surface area contributed by atoms with E-state index in [9.17, 15) is 9.59 Å². The number of halogens is 1. The van der Waals surface area contributed by atoms with Crippen LogP contribution in [-0.2, 0) is 17.9 Å². The Morgan fingerprint density at radius 1 is 0.903 bits per heavy atom. The number of carbonyl (C=O) groups is 2. The second-order valence-corrected chi connectivity index (χ2v) is 7.79. The monoisotopic (exact) mass is 432 g/mol. The molecule has 156 valence electrons. The van der Waals surface area contributed by atoms with Crippen molar-refractivity contribution in [2.45, 2.75) is 20.1 Å². The fraction of sp³-hybridized carbons (Fsp3) is 0.120. The maximum Gasteiger partial charge on any atom is 0.329 e. The Hall–Kier alpha value is -3.57. The van der Waals surface area contributed by atoms with Crippen molar-refractivity contribution in [3.8, 4) is 5.75 Å². The Labute approximate surface area is 185 Å². The van der Waals surface area contributed by atoms with E-state index in [0.717, 1.165) is 22.4 Å². The fourth-order valence-electron chi connectivity index (χ4n) is 3.17. The highest BCUT2D eigenvalue weighted by atomic mass is 35.5. The molecule has 5 nitrogen and oxygen atoms in total. The summed E-state index contributed by atoms with van der Waals surface area (Å²) in [5, 5.41) is 3.25. The van der Waals surface area contributed by atoms with E-state index < -0.39 is 6.03 Å². The second kappa shape index (κ2) is 9.06. The van der Waals surface area contributed by atoms with Crippen molar-refractivity contribution in [2.75, 3.05) is 0 Å². The number of imide groups is 1. The van der Waals surface area contributed by atoms with Crippen molar-refractivity contribution in [2.24, 2.45) is 0 Å². The normalized spacial score (nSPS) is 14.8. The van der Waals surface area contributed by atoms with Gasteiger partial charge in [-0.3, -0.25) is 9.69 Å². The number of urea groups is 1. The molecule has 0 atom stereocenters. The highest BCUT2D eigenvalue weighted by molar-refractivity contribution is 6.30. The molecular formula is C25H21ClN2O3. The van der Waals surface area contributed by atoms with Crippen molar-refractivity contribution >= 4 is 29.6 Å². The molecule has 0 aliphatic carbocycles. The first kappa shape index (κ1) is 20.7. The average Bonchev–Trinajstić information content (AvgIpc) is 3.03. The van der Waals surface area contributed by atoms with Crippen molar-refractivity contribution in [3.63, 3.8) is 0 Å². The van der Waals surface area contributed by atoms with Gasteiger partial charge in [0.25, 0.3) is 5.91 Å². The van der Waals surface area contributed by atoms with Crippen LogP contribution in [-0.4, -0.2) is 16.8 Å². The van der Waals surface area contributed by atoms with E-state index in [0.29, 0.717) is 11.6 Å². The van der Waals surface area contributed by atoms with Crippen LogP contribution in [0.1, 0.15) is 22.3 Å². The summed E-state index contributed by atoms with van der Waals surface area (Å²) in [5.74, 6) is 0.369. The van der Waals surface area contributed by atoms with Gasteiger partial charge in [-0.2, -0.15) is 0 Å². The molecule has 31 heavy (non-hydrogen) atoms. The minimum atomic E-state index is -0.441. The van der Waals surface area contributed by atoms with E-state index in [-0.39, 0.29) is 18.1 Å². The van der Waals surface area contributed by atoms with Gasteiger partial charge < -0.3 is 10.1 Å². The van der Waals surface area contributed by atoms with Gasteiger partial charge in [-0.15, -0.1) is 0 Å². The highest BCUT2D eigenvalue weighted by Crippen LogP contribution is 2.20. The molecule has 0 unspecified atom stereocenters. The minimum absolute atomic E-state index is 0.185. The Balaban J connectivity index is 1.39. The first-order valence-electron chi connectivity index (χ1n) is 9.85. The number of hydrogen-bond donors (Lipinski definition) is 1. The van der Waals surface area contributed by atoms with Crippen LogP contribution in [0.5, 0.6) is 5.75 Å². The van der Waals surface area contributed by atoms with E-state index >= 15 is 0 Å². The highest BCUT2D eigenvalue weighted by Gasteiger charge is 2.33. The molecule has 4 rings (SSSR count). The molecule has 0 aromatic heterocycles. The molecular weight excluding hydrogens is 412 g/mol. The van der Waals surface area contributed by atoms with Gasteiger partial charge in [0.15, 0.2) is 0 Å². The molecule has 0 radical (unpaired) electrons. The van der Waals surface area contributed by atoms with Crippen LogP contribution in [0.2, 0.25) is 5.02 Å². The van der Waals surface area contributed by atoms with Crippen molar-refractivity contribution in [3.05, 3.63) is 106 Å². The molecule has 1 aliphatic heterocycles. The quantitative estimate of drug-likeness (QED) is 0.423. The summed E-state index contributed by atoms with van der Waals surface area (Å²) in [5.41, 5.74) is 4.16. The van der Waals surface area contributed by atoms with E-state index in [2.05, 4.69) is 17.4 Å². The summed E-state index contributed by atoms with van der Waals surface area (Å²) in [6.07, 6.45) is 1.66. The summed E-state index contributed by atoms with van der Waals surface area (Å²) in [7, 11) is 0. The molecule has 0 bridgehead atoms. The zero-order valence-electron chi connectivity index (χ0n) is 17.0. The third kappa shape index (κ3) is 5.13. The first-order chi connectivity index (χ1) is 15.0. The van der Waals surface area contributed by atoms with Crippen LogP contribution in [0, 0.1) is 6.92 Å². The number of rotatable bonds is 6. The number of carbonyl (C=O) groups excluding carboxylic acids is 2. The average molecular weight is 433 g/mol. The van der Waals surface area contributed by atoms with Crippen molar-refractivity contribution in [1.29, 1.82) is 0 Å².